The molecule has 3 amide bonds. The lowest BCUT2D eigenvalue weighted by molar-refractivity contribution is -0.119. The van der Waals surface area contributed by atoms with E-state index in [0.717, 1.165) is 17.0 Å². The normalized spacial score (nSPS) is 18.0. The van der Waals surface area contributed by atoms with Gasteiger partial charge in [0.15, 0.2) is 0 Å². The summed E-state index contributed by atoms with van der Waals surface area (Å²) in [6, 6.07) is 8.64. The highest BCUT2D eigenvalue weighted by molar-refractivity contribution is 6.21. The van der Waals surface area contributed by atoms with Gasteiger partial charge in [0.25, 0.3) is 5.91 Å². The van der Waals surface area contributed by atoms with Crippen molar-refractivity contribution in [3.05, 3.63) is 54.1 Å². The Morgan fingerprint density at radius 2 is 1.61 bits per heavy atom. The molecular formula is C17H14F2N2O2. The van der Waals surface area contributed by atoms with Crippen molar-refractivity contribution in [2.45, 2.75) is 13.0 Å². The zero-order valence-corrected chi connectivity index (χ0v) is 12.6. The summed E-state index contributed by atoms with van der Waals surface area (Å²) in [6.07, 6.45) is 0. The molecule has 1 fully saturated rings. The Morgan fingerprint density at radius 3 is 2.17 bits per heavy atom. The summed E-state index contributed by atoms with van der Waals surface area (Å²) < 4.78 is 27.9. The van der Waals surface area contributed by atoms with Crippen molar-refractivity contribution >= 4 is 17.6 Å². The van der Waals surface area contributed by atoms with Crippen molar-refractivity contribution < 1.29 is 18.4 Å². The number of rotatable bonds is 2. The van der Waals surface area contributed by atoms with Crippen LogP contribution in [0.3, 0.4) is 0 Å². The van der Waals surface area contributed by atoms with Crippen LogP contribution < -0.4 is 4.90 Å². The van der Waals surface area contributed by atoms with Crippen molar-refractivity contribution in [2.24, 2.45) is 0 Å². The molecule has 1 atom stereocenters. The van der Waals surface area contributed by atoms with Gasteiger partial charge < -0.3 is 4.90 Å². The number of likely N-dealkylation sites (N-methyl/N-ethyl adjacent to an activating group) is 1. The average Bonchev–Trinajstić information content (AvgIpc) is 2.71. The number of hydrogen-bond acceptors (Lipinski definition) is 2. The molecule has 0 radical (unpaired) electrons. The van der Waals surface area contributed by atoms with E-state index >= 15 is 0 Å². The Balaban J connectivity index is 2.08. The number of hydrogen-bond donors (Lipinski definition) is 0. The number of benzene rings is 2. The lowest BCUT2D eigenvalue weighted by Crippen LogP contribution is -2.31. The fourth-order valence-electron chi connectivity index (χ4n) is 2.58. The topological polar surface area (TPSA) is 40.6 Å². The summed E-state index contributed by atoms with van der Waals surface area (Å²) in [5.41, 5.74) is 0.368. The van der Waals surface area contributed by atoms with E-state index in [4.69, 9.17) is 0 Å². The summed E-state index contributed by atoms with van der Waals surface area (Å²) in [7, 11) is 1.53. The smallest absolute Gasteiger partial charge is 0.315 e. The molecule has 0 bridgehead atoms. The molecule has 0 aliphatic carbocycles. The summed E-state index contributed by atoms with van der Waals surface area (Å²) in [5, 5.41) is 0. The van der Waals surface area contributed by atoms with Gasteiger partial charge in [-0.25, -0.2) is 18.5 Å². The van der Waals surface area contributed by atoms with Crippen LogP contribution in [-0.2, 0) is 4.79 Å². The molecule has 23 heavy (non-hydrogen) atoms. The minimum atomic E-state index is -0.702. The number of amides is 3. The van der Waals surface area contributed by atoms with Crippen LogP contribution in [0.1, 0.15) is 6.92 Å². The van der Waals surface area contributed by atoms with Crippen LogP contribution >= 0.6 is 0 Å². The van der Waals surface area contributed by atoms with Gasteiger partial charge in [-0.1, -0.05) is 18.2 Å². The summed E-state index contributed by atoms with van der Waals surface area (Å²) >= 11 is 0. The van der Waals surface area contributed by atoms with Gasteiger partial charge in [-0.3, -0.25) is 4.79 Å². The second-order valence-corrected chi connectivity index (χ2v) is 5.39. The van der Waals surface area contributed by atoms with Crippen LogP contribution in [0.2, 0.25) is 0 Å². The maximum Gasteiger partial charge on any atom is 0.331 e. The van der Waals surface area contributed by atoms with Gasteiger partial charge in [-0.15, -0.1) is 0 Å². The number of anilines is 1. The van der Waals surface area contributed by atoms with Gasteiger partial charge in [-0.2, -0.15) is 0 Å². The van der Waals surface area contributed by atoms with Crippen molar-refractivity contribution in [1.82, 2.24) is 4.90 Å². The van der Waals surface area contributed by atoms with Crippen molar-refractivity contribution in [1.29, 1.82) is 0 Å². The first-order valence-corrected chi connectivity index (χ1v) is 7.07. The number of urea groups is 1. The van der Waals surface area contributed by atoms with Gasteiger partial charge in [0.2, 0.25) is 0 Å². The van der Waals surface area contributed by atoms with Crippen LogP contribution in [0.15, 0.2) is 42.5 Å². The Kier molecular flexibility index (Phi) is 3.60. The molecule has 1 heterocycles. The zero-order valence-electron chi connectivity index (χ0n) is 12.6. The van der Waals surface area contributed by atoms with E-state index in [-0.39, 0.29) is 22.7 Å². The van der Waals surface area contributed by atoms with Gasteiger partial charge in [0.05, 0.1) is 11.3 Å². The van der Waals surface area contributed by atoms with Crippen LogP contribution in [0.5, 0.6) is 0 Å². The molecule has 0 N–H and O–H groups in total. The molecule has 1 unspecified atom stereocenters. The number of nitrogens with zero attached hydrogens (tertiary/aromatic N) is 2. The molecule has 1 aliphatic rings. The molecular weight excluding hydrogens is 302 g/mol. The van der Waals surface area contributed by atoms with Crippen LogP contribution in [0.4, 0.5) is 19.3 Å². The second-order valence-electron chi connectivity index (χ2n) is 5.39. The number of carbonyl (C=O) groups is 2. The summed E-state index contributed by atoms with van der Waals surface area (Å²) in [4.78, 5) is 26.8. The van der Waals surface area contributed by atoms with Crippen LogP contribution in [0.25, 0.3) is 11.1 Å². The quantitative estimate of drug-likeness (QED) is 0.797. The summed E-state index contributed by atoms with van der Waals surface area (Å²) in [6.45, 7) is 1.63. The van der Waals surface area contributed by atoms with E-state index < -0.39 is 23.7 Å². The molecule has 1 saturated heterocycles. The van der Waals surface area contributed by atoms with Crippen LogP contribution in [0, 0.1) is 11.6 Å². The highest BCUT2D eigenvalue weighted by atomic mass is 19.1. The van der Waals surface area contributed by atoms with Gasteiger partial charge in [-0.05, 0) is 36.8 Å². The molecule has 0 spiro atoms. The Labute approximate surface area is 131 Å². The first kappa shape index (κ1) is 15.1. The molecule has 1 aliphatic heterocycles. The Bertz CT molecular complexity index is 767. The van der Waals surface area contributed by atoms with E-state index in [9.17, 15) is 18.4 Å². The fraction of sp³-hybridized carbons (Fsp3) is 0.176. The van der Waals surface area contributed by atoms with Crippen LogP contribution in [-0.4, -0.2) is 29.9 Å². The molecule has 118 valence electrons. The minimum absolute atomic E-state index is 0.185. The third-order valence-electron chi connectivity index (χ3n) is 4.01. The Hall–Kier alpha value is -2.76. The highest BCUT2D eigenvalue weighted by Gasteiger charge is 2.41. The Morgan fingerprint density at radius 1 is 1.00 bits per heavy atom. The predicted octanol–water partition coefficient (Wildman–Crippen LogP) is 3.42. The fourth-order valence-corrected chi connectivity index (χ4v) is 2.58. The molecule has 0 saturated carbocycles. The SMILES string of the molecule is CC1C(=O)N(c2cccc(-c3c(F)cccc3F)c2)C(=O)N1C. The third kappa shape index (κ3) is 2.36. The minimum Gasteiger partial charge on any atom is -0.315 e. The standard InChI is InChI=1S/C17H14F2N2O2/c1-10-16(22)21(17(23)20(10)2)12-6-3-5-11(9-12)15-13(18)7-4-8-14(15)19/h3-10H,1-2H3. The van der Waals surface area contributed by atoms with E-state index in [2.05, 4.69) is 0 Å². The maximum absolute atomic E-state index is 13.9. The molecule has 4 nitrogen and oxygen atoms in total. The van der Waals surface area contributed by atoms with Gasteiger partial charge in [0, 0.05) is 7.05 Å². The highest BCUT2D eigenvalue weighted by Crippen LogP contribution is 2.31. The monoisotopic (exact) mass is 316 g/mol. The molecule has 3 rings (SSSR count). The van der Waals surface area contributed by atoms with E-state index in [0.29, 0.717) is 0 Å². The zero-order chi connectivity index (χ0) is 16.7. The van der Waals surface area contributed by atoms with Crippen molar-refractivity contribution in [3.63, 3.8) is 0 Å². The average molecular weight is 316 g/mol. The first-order chi connectivity index (χ1) is 10.9. The largest absolute Gasteiger partial charge is 0.331 e. The first-order valence-electron chi connectivity index (χ1n) is 7.07. The lowest BCUT2D eigenvalue weighted by atomic mass is 10.0. The second kappa shape index (κ2) is 5.46. The molecule has 0 aromatic heterocycles. The van der Waals surface area contributed by atoms with Gasteiger partial charge >= 0.3 is 6.03 Å². The molecule has 2 aromatic carbocycles. The van der Waals surface area contributed by atoms with Crippen molar-refractivity contribution in [3.8, 4) is 11.1 Å². The summed E-state index contributed by atoms with van der Waals surface area (Å²) in [5.74, 6) is -1.78. The number of carbonyl (C=O) groups excluding carboxylic acids is 2. The maximum atomic E-state index is 13.9. The third-order valence-corrected chi connectivity index (χ3v) is 4.01. The van der Waals surface area contributed by atoms with E-state index in [1.165, 1.54) is 30.1 Å². The number of imide groups is 1. The lowest BCUT2D eigenvalue weighted by Gasteiger charge is -2.15. The molecule has 2 aromatic rings. The van der Waals surface area contributed by atoms with Gasteiger partial charge in [0.1, 0.15) is 17.7 Å². The molecule has 6 heteroatoms. The van der Waals surface area contributed by atoms with Crippen molar-refractivity contribution in [2.75, 3.05) is 11.9 Å². The van der Waals surface area contributed by atoms with E-state index in [1.807, 2.05) is 0 Å². The van der Waals surface area contributed by atoms with E-state index in [1.54, 1.807) is 19.1 Å². The predicted molar refractivity (Wildman–Crippen MR) is 81.9 cm³/mol. The number of halogens is 2.